The Kier molecular flexibility index (Phi) is 5.89. The number of para-hydroxylation sites is 1. The number of aromatic nitrogens is 3. The lowest BCUT2D eigenvalue weighted by atomic mass is 10.1. The Morgan fingerprint density at radius 3 is 2.73 bits per heavy atom. The van der Waals surface area contributed by atoms with Crippen LogP contribution in [-0.2, 0) is 11.4 Å². The van der Waals surface area contributed by atoms with E-state index in [1.165, 1.54) is 6.08 Å². The molecule has 1 aliphatic heterocycles. The molecule has 5 rings (SSSR count). The van der Waals surface area contributed by atoms with E-state index in [0.717, 1.165) is 52.9 Å². The van der Waals surface area contributed by atoms with Crippen molar-refractivity contribution in [2.75, 3.05) is 13.1 Å². The molecule has 0 saturated carbocycles. The van der Waals surface area contributed by atoms with Gasteiger partial charge >= 0.3 is 0 Å². The highest BCUT2D eigenvalue weighted by Crippen LogP contribution is 2.32. The normalized spacial score (nSPS) is 16.0. The van der Waals surface area contributed by atoms with E-state index in [9.17, 15) is 4.79 Å². The van der Waals surface area contributed by atoms with Crippen molar-refractivity contribution >= 4 is 16.8 Å². The van der Waals surface area contributed by atoms with Gasteiger partial charge in [-0.1, -0.05) is 49.0 Å². The van der Waals surface area contributed by atoms with Crippen molar-refractivity contribution in [2.45, 2.75) is 25.5 Å². The summed E-state index contributed by atoms with van der Waals surface area (Å²) in [5.74, 6) is 0.834. The van der Waals surface area contributed by atoms with Crippen LogP contribution in [0.5, 0.6) is 5.75 Å². The summed E-state index contributed by atoms with van der Waals surface area (Å²) < 4.78 is 7.93. The first-order valence-corrected chi connectivity index (χ1v) is 11.2. The first-order chi connectivity index (χ1) is 16.2. The standard InChI is InChI=1S/C27H26N4O2/c1-2-26(32)30-16-6-7-22(18-30)31-25-14-15-28-17-24(25)27(29-31)21-12-10-20(11-13-21)19-33-23-8-4-3-5-9-23/h2-5,8-15,17,22H,1,6-7,16,18-19H2. The third-order valence-electron chi connectivity index (χ3n) is 6.11. The number of fused-ring (bicyclic) bond motifs is 1. The lowest BCUT2D eigenvalue weighted by molar-refractivity contribution is -0.127. The first-order valence-electron chi connectivity index (χ1n) is 11.2. The fourth-order valence-corrected chi connectivity index (χ4v) is 4.40. The second-order valence-electron chi connectivity index (χ2n) is 8.27. The average Bonchev–Trinajstić information content (AvgIpc) is 3.28. The maximum atomic E-state index is 12.2. The summed E-state index contributed by atoms with van der Waals surface area (Å²) in [6.45, 7) is 5.55. The predicted octanol–water partition coefficient (Wildman–Crippen LogP) is 5.03. The van der Waals surface area contributed by atoms with Crippen LogP contribution in [0.1, 0.15) is 24.4 Å². The number of benzene rings is 2. The van der Waals surface area contributed by atoms with E-state index >= 15 is 0 Å². The Labute approximate surface area is 193 Å². The molecule has 0 aliphatic carbocycles. The third kappa shape index (κ3) is 4.37. The number of hydrogen-bond acceptors (Lipinski definition) is 4. The van der Waals surface area contributed by atoms with Crippen LogP contribution in [0, 0.1) is 0 Å². The molecule has 1 saturated heterocycles. The molecule has 1 aliphatic rings. The Bertz CT molecular complexity index is 1260. The second-order valence-corrected chi connectivity index (χ2v) is 8.27. The monoisotopic (exact) mass is 438 g/mol. The zero-order valence-electron chi connectivity index (χ0n) is 18.4. The second kappa shape index (κ2) is 9.28. The molecule has 3 heterocycles. The molecule has 2 aromatic heterocycles. The molecule has 6 nitrogen and oxygen atoms in total. The number of nitrogens with zero attached hydrogens (tertiary/aromatic N) is 4. The Morgan fingerprint density at radius 1 is 1.12 bits per heavy atom. The molecule has 0 bridgehead atoms. The molecule has 166 valence electrons. The van der Waals surface area contributed by atoms with Crippen LogP contribution in [0.25, 0.3) is 22.2 Å². The van der Waals surface area contributed by atoms with Crippen molar-refractivity contribution in [3.05, 3.63) is 91.3 Å². The molecule has 33 heavy (non-hydrogen) atoms. The van der Waals surface area contributed by atoms with E-state index in [0.29, 0.717) is 13.2 Å². The van der Waals surface area contributed by atoms with Gasteiger partial charge in [-0.15, -0.1) is 0 Å². The van der Waals surface area contributed by atoms with Gasteiger partial charge in [0.05, 0.1) is 11.6 Å². The van der Waals surface area contributed by atoms with Crippen LogP contribution < -0.4 is 4.74 Å². The number of rotatable bonds is 6. The van der Waals surface area contributed by atoms with Gasteiger partial charge in [0.25, 0.3) is 0 Å². The van der Waals surface area contributed by atoms with Crippen LogP contribution in [-0.4, -0.2) is 38.7 Å². The summed E-state index contributed by atoms with van der Waals surface area (Å²) >= 11 is 0. The number of pyridine rings is 1. The van der Waals surface area contributed by atoms with E-state index in [2.05, 4.69) is 40.5 Å². The minimum atomic E-state index is -0.0219. The Hall–Kier alpha value is -3.93. The minimum Gasteiger partial charge on any atom is -0.489 e. The molecule has 0 radical (unpaired) electrons. The number of carbonyl (C=O) groups is 1. The van der Waals surface area contributed by atoms with Gasteiger partial charge < -0.3 is 9.64 Å². The van der Waals surface area contributed by atoms with Gasteiger partial charge in [0.1, 0.15) is 18.1 Å². The zero-order valence-corrected chi connectivity index (χ0v) is 18.4. The van der Waals surface area contributed by atoms with Crippen LogP contribution >= 0.6 is 0 Å². The predicted molar refractivity (Wildman–Crippen MR) is 129 cm³/mol. The molecule has 1 atom stereocenters. The van der Waals surface area contributed by atoms with E-state index in [4.69, 9.17) is 9.84 Å². The van der Waals surface area contributed by atoms with Crippen molar-refractivity contribution in [1.82, 2.24) is 19.7 Å². The molecule has 0 N–H and O–H groups in total. The lowest BCUT2D eigenvalue weighted by Gasteiger charge is -2.32. The number of piperidine rings is 1. The molecular formula is C27H26N4O2. The Balaban J connectivity index is 1.41. The van der Waals surface area contributed by atoms with Crippen molar-refractivity contribution in [1.29, 1.82) is 0 Å². The maximum Gasteiger partial charge on any atom is 0.246 e. The van der Waals surface area contributed by atoms with Crippen molar-refractivity contribution in [3.8, 4) is 17.0 Å². The maximum absolute atomic E-state index is 12.2. The van der Waals surface area contributed by atoms with Crippen molar-refractivity contribution in [3.63, 3.8) is 0 Å². The number of hydrogen-bond donors (Lipinski definition) is 0. The highest BCUT2D eigenvalue weighted by atomic mass is 16.5. The van der Waals surface area contributed by atoms with Gasteiger partial charge in [0.15, 0.2) is 0 Å². The number of likely N-dealkylation sites (tertiary alicyclic amines) is 1. The quantitative estimate of drug-likeness (QED) is 0.396. The zero-order chi connectivity index (χ0) is 22.6. The van der Waals surface area contributed by atoms with E-state index in [1.54, 1.807) is 6.20 Å². The molecule has 0 spiro atoms. The summed E-state index contributed by atoms with van der Waals surface area (Å²) in [5.41, 5.74) is 4.07. The van der Waals surface area contributed by atoms with Crippen LogP contribution in [0.4, 0.5) is 0 Å². The summed E-state index contributed by atoms with van der Waals surface area (Å²) in [6.07, 6.45) is 6.99. The Morgan fingerprint density at radius 2 is 1.94 bits per heavy atom. The molecule has 1 amide bonds. The highest BCUT2D eigenvalue weighted by Gasteiger charge is 2.26. The SMILES string of the molecule is C=CC(=O)N1CCCC(n2nc(-c3ccc(COc4ccccc4)cc3)c3cnccc32)C1. The first kappa shape index (κ1) is 20.9. The minimum absolute atomic E-state index is 0.0219. The molecule has 6 heteroatoms. The lowest BCUT2D eigenvalue weighted by Crippen LogP contribution is -2.40. The van der Waals surface area contributed by atoms with Gasteiger partial charge in [-0.3, -0.25) is 14.5 Å². The highest BCUT2D eigenvalue weighted by molar-refractivity contribution is 5.92. The third-order valence-corrected chi connectivity index (χ3v) is 6.11. The average molecular weight is 439 g/mol. The summed E-state index contributed by atoms with van der Waals surface area (Å²) in [7, 11) is 0. The largest absolute Gasteiger partial charge is 0.489 e. The summed E-state index contributed by atoms with van der Waals surface area (Å²) in [6, 6.07) is 20.2. The van der Waals surface area contributed by atoms with Gasteiger partial charge in [-0.25, -0.2) is 0 Å². The van der Waals surface area contributed by atoms with E-state index in [1.807, 2.05) is 47.5 Å². The van der Waals surface area contributed by atoms with Crippen LogP contribution in [0.3, 0.4) is 0 Å². The van der Waals surface area contributed by atoms with Gasteiger partial charge in [0.2, 0.25) is 5.91 Å². The van der Waals surface area contributed by atoms with Gasteiger partial charge in [-0.2, -0.15) is 5.10 Å². The van der Waals surface area contributed by atoms with Crippen molar-refractivity contribution < 1.29 is 9.53 Å². The van der Waals surface area contributed by atoms with E-state index in [-0.39, 0.29) is 11.9 Å². The fourth-order valence-electron chi connectivity index (χ4n) is 4.40. The molecular weight excluding hydrogens is 412 g/mol. The number of carbonyl (C=O) groups excluding carboxylic acids is 1. The van der Waals surface area contributed by atoms with Gasteiger partial charge in [-0.05, 0) is 42.7 Å². The molecule has 4 aromatic rings. The van der Waals surface area contributed by atoms with E-state index < -0.39 is 0 Å². The van der Waals surface area contributed by atoms with Gasteiger partial charge in [0, 0.05) is 36.4 Å². The summed E-state index contributed by atoms with van der Waals surface area (Å²) in [5, 5.41) is 6.02. The number of amides is 1. The summed E-state index contributed by atoms with van der Waals surface area (Å²) in [4.78, 5) is 18.4. The molecule has 2 aromatic carbocycles. The number of ether oxygens (including phenoxy) is 1. The molecule has 1 fully saturated rings. The fraction of sp³-hybridized carbons (Fsp3) is 0.222. The molecule has 1 unspecified atom stereocenters. The van der Waals surface area contributed by atoms with Crippen LogP contribution in [0.15, 0.2) is 85.7 Å². The smallest absolute Gasteiger partial charge is 0.246 e. The topological polar surface area (TPSA) is 60.2 Å². The van der Waals surface area contributed by atoms with Crippen molar-refractivity contribution in [2.24, 2.45) is 0 Å². The van der Waals surface area contributed by atoms with Crippen LogP contribution in [0.2, 0.25) is 0 Å².